The smallest absolute Gasteiger partial charge is 0.335 e. The number of aryl methyl sites for hydroxylation is 1. The molecule has 1 atom stereocenters. The molecule has 7 heteroatoms. The van der Waals surface area contributed by atoms with Crippen LogP contribution in [0.3, 0.4) is 0 Å². The van der Waals surface area contributed by atoms with Gasteiger partial charge in [-0.05, 0) is 56.0 Å². The van der Waals surface area contributed by atoms with Gasteiger partial charge in [-0.25, -0.2) is 14.8 Å². The molecule has 0 bridgehead atoms. The Bertz CT molecular complexity index is 1050. The summed E-state index contributed by atoms with van der Waals surface area (Å²) in [4.78, 5) is 16.0. The van der Waals surface area contributed by atoms with Crippen molar-refractivity contribution in [2.45, 2.75) is 45.1 Å². The molecule has 0 amide bonds. The second-order valence-corrected chi connectivity index (χ2v) is 7.84. The van der Waals surface area contributed by atoms with Gasteiger partial charge in [0.15, 0.2) is 0 Å². The summed E-state index contributed by atoms with van der Waals surface area (Å²) in [6, 6.07) is 10.9. The maximum atomic E-state index is 11.3. The first kappa shape index (κ1) is 19.9. The van der Waals surface area contributed by atoms with Crippen molar-refractivity contribution in [3.63, 3.8) is 0 Å². The summed E-state index contributed by atoms with van der Waals surface area (Å²) < 4.78 is 5.49. The van der Waals surface area contributed by atoms with Crippen LogP contribution in [0.15, 0.2) is 35.4 Å². The third-order valence-corrected chi connectivity index (χ3v) is 6.07. The Kier molecular flexibility index (Phi) is 5.40. The average molecular weight is 404 g/mol. The molecule has 2 aliphatic rings. The summed E-state index contributed by atoms with van der Waals surface area (Å²) in [6.45, 7) is 1.83. The van der Waals surface area contributed by atoms with Gasteiger partial charge in [0.05, 0.1) is 35.7 Å². The van der Waals surface area contributed by atoms with E-state index >= 15 is 0 Å². The summed E-state index contributed by atoms with van der Waals surface area (Å²) in [5, 5.41) is 25.4. The number of hydrogen-bond donors (Lipinski definition) is 1. The quantitative estimate of drug-likeness (QED) is 0.804. The minimum Gasteiger partial charge on any atom is -0.496 e. The van der Waals surface area contributed by atoms with Gasteiger partial charge in [0.2, 0.25) is 0 Å². The van der Waals surface area contributed by atoms with E-state index in [1.54, 1.807) is 18.2 Å². The van der Waals surface area contributed by atoms with Crippen LogP contribution < -0.4 is 9.75 Å². The third kappa shape index (κ3) is 3.61. The molecule has 1 N–H and O–H groups in total. The molecule has 4 rings (SSSR count). The fraction of sp³-hybridized carbons (Fsp3) is 0.391. The molecule has 0 radical (unpaired) electrons. The lowest BCUT2D eigenvalue weighted by Gasteiger charge is -2.27. The van der Waals surface area contributed by atoms with Crippen LogP contribution in [0.1, 0.15) is 59.3 Å². The highest BCUT2D eigenvalue weighted by Gasteiger charge is 2.37. The molecular formula is C23H24N4O3. The minimum absolute atomic E-state index is 0.183. The Hall–Kier alpha value is -3.40. The number of nitrogens with zero attached hydrogens (tertiary/aromatic N) is 4. The van der Waals surface area contributed by atoms with E-state index in [4.69, 9.17) is 9.84 Å². The number of ether oxygens (including phenoxy) is 1. The molecule has 1 aromatic heterocycles. The Morgan fingerprint density at radius 3 is 2.67 bits per heavy atom. The molecule has 154 valence electrons. The zero-order valence-electron chi connectivity index (χ0n) is 17.1. The number of aromatic carboxylic acids is 1. The number of carbonyl (C=O) groups is 1. The number of nitriles is 1. The lowest BCUT2D eigenvalue weighted by molar-refractivity contribution is 0.0696. The van der Waals surface area contributed by atoms with Crippen LogP contribution in [0.4, 0.5) is 5.82 Å². The Morgan fingerprint density at radius 2 is 2.03 bits per heavy atom. The highest BCUT2D eigenvalue weighted by molar-refractivity contribution is 6.06. The summed E-state index contributed by atoms with van der Waals surface area (Å²) in [7, 11) is 1.54. The minimum atomic E-state index is -0.990. The van der Waals surface area contributed by atoms with Crippen LogP contribution in [-0.4, -0.2) is 34.9 Å². The lowest BCUT2D eigenvalue weighted by Crippen LogP contribution is -2.33. The second kappa shape index (κ2) is 8.15. The van der Waals surface area contributed by atoms with Crippen molar-refractivity contribution < 1.29 is 14.6 Å². The first-order chi connectivity index (χ1) is 14.5. The van der Waals surface area contributed by atoms with Crippen LogP contribution >= 0.6 is 0 Å². The van der Waals surface area contributed by atoms with Gasteiger partial charge >= 0.3 is 5.97 Å². The van der Waals surface area contributed by atoms with Gasteiger partial charge in [-0.2, -0.15) is 10.4 Å². The number of methoxy groups -OCH3 is 1. The number of rotatable bonds is 5. The number of carboxylic acids is 1. The van der Waals surface area contributed by atoms with Crippen molar-refractivity contribution in [2.75, 3.05) is 12.1 Å². The third-order valence-electron chi connectivity index (χ3n) is 6.07. The van der Waals surface area contributed by atoms with Crippen LogP contribution in [0.5, 0.6) is 5.75 Å². The predicted octanol–water partition coefficient (Wildman–Crippen LogP) is 4.14. The molecule has 2 heterocycles. The number of pyridine rings is 1. The largest absolute Gasteiger partial charge is 0.496 e. The van der Waals surface area contributed by atoms with Gasteiger partial charge < -0.3 is 9.84 Å². The zero-order chi connectivity index (χ0) is 21.3. The van der Waals surface area contributed by atoms with Crippen LogP contribution in [0.25, 0.3) is 0 Å². The van der Waals surface area contributed by atoms with E-state index in [2.05, 4.69) is 11.1 Å². The second-order valence-electron chi connectivity index (χ2n) is 7.84. The molecule has 0 saturated heterocycles. The maximum Gasteiger partial charge on any atom is 0.335 e. The summed E-state index contributed by atoms with van der Waals surface area (Å²) in [5.41, 5.74) is 3.10. The Labute approximate surface area is 175 Å². The molecule has 7 nitrogen and oxygen atoms in total. The number of carboxylic acid groups (broad SMARTS) is 1. The zero-order valence-corrected chi connectivity index (χ0v) is 17.1. The van der Waals surface area contributed by atoms with E-state index in [1.807, 2.05) is 18.0 Å². The first-order valence-electron chi connectivity index (χ1n) is 10.2. The number of anilines is 1. The van der Waals surface area contributed by atoms with Gasteiger partial charge in [-0.15, -0.1) is 0 Å². The monoisotopic (exact) mass is 404 g/mol. The van der Waals surface area contributed by atoms with Gasteiger partial charge in [-0.1, -0.05) is 12.8 Å². The molecule has 2 aromatic rings. The van der Waals surface area contributed by atoms with E-state index in [1.165, 1.54) is 26.0 Å². The summed E-state index contributed by atoms with van der Waals surface area (Å²) in [5.74, 6) is 0.772. The molecule has 1 aromatic carbocycles. The van der Waals surface area contributed by atoms with Crippen molar-refractivity contribution in [1.82, 2.24) is 4.98 Å². The normalized spacial score (nSPS) is 18.9. The van der Waals surface area contributed by atoms with E-state index in [0.29, 0.717) is 22.9 Å². The van der Waals surface area contributed by atoms with E-state index in [0.717, 1.165) is 36.4 Å². The van der Waals surface area contributed by atoms with Crippen molar-refractivity contribution in [1.29, 1.82) is 5.26 Å². The first-order valence-corrected chi connectivity index (χ1v) is 10.2. The standard InChI is InChI=1S/C23H24N4O3/c1-14-17(13-24)8-10-22(25-14)27-20(15-5-3-4-6-15)12-19(26-27)18-9-7-16(23(28)29)11-21(18)30-2/h7-11,15,20H,3-6,12H2,1-2H3,(H,28,29)/t20-/m1/s1. The number of benzene rings is 1. The molecule has 1 aliphatic heterocycles. The van der Waals surface area contributed by atoms with Crippen LogP contribution in [-0.2, 0) is 0 Å². The van der Waals surface area contributed by atoms with Crippen molar-refractivity contribution in [3.05, 3.63) is 52.7 Å². The SMILES string of the molecule is COc1cc(C(=O)O)ccc1C1=NN(c2ccc(C#N)c(C)n2)[C@@H](C2CCCC2)C1. The molecule has 30 heavy (non-hydrogen) atoms. The van der Waals surface area contributed by atoms with Gasteiger partial charge in [0.1, 0.15) is 17.6 Å². The van der Waals surface area contributed by atoms with E-state index in [9.17, 15) is 15.2 Å². The highest BCUT2D eigenvalue weighted by Crippen LogP contribution is 2.39. The molecule has 1 fully saturated rings. The lowest BCUT2D eigenvalue weighted by atomic mass is 9.91. The molecule has 0 unspecified atom stereocenters. The van der Waals surface area contributed by atoms with E-state index in [-0.39, 0.29) is 11.6 Å². The van der Waals surface area contributed by atoms with Crippen LogP contribution in [0, 0.1) is 24.2 Å². The van der Waals surface area contributed by atoms with E-state index < -0.39 is 5.97 Å². The number of hydrogen-bond acceptors (Lipinski definition) is 6. The number of aromatic nitrogens is 1. The van der Waals surface area contributed by atoms with Gasteiger partial charge in [0.25, 0.3) is 0 Å². The topological polar surface area (TPSA) is 98.8 Å². The Balaban J connectivity index is 1.74. The highest BCUT2D eigenvalue weighted by atomic mass is 16.5. The van der Waals surface area contributed by atoms with Crippen LogP contribution in [0.2, 0.25) is 0 Å². The maximum absolute atomic E-state index is 11.3. The van der Waals surface area contributed by atoms with Gasteiger partial charge in [-0.3, -0.25) is 0 Å². The Morgan fingerprint density at radius 1 is 1.27 bits per heavy atom. The average Bonchev–Trinajstić information content (AvgIpc) is 3.43. The number of hydrazone groups is 1. The fourth-order valence-electron chi connectivity index (χ4n) is 4.48. The molecule has 1 aliphatic carbocycles. The van der Waals surface area contributed by atoms with Gasteiger partial charge in [0, 0.05) is 12.0 Å². The molecule has 1 saturated carbocycles. The van der Waals surface area contributed by atoms with Crippen molar-refractivity contribution in [3.8, 4) is 11.8 Å². The summed E-state index contributed by atoms with van der Waals surface area (Å²) >= 11 is 0. The molecular weight excluding hydrogens is 380 g/mol. The predicted molar refractivity (Wildman–Crippen MR) is 113 cm³/mol. The fourth-order valence-corrected chi connectivity index (χ4v) is 4.48. The van der Waals surface area contributed by atoms with Crippen molar-refractivity contribution in [2.24, 2.45) is 11.0 Å². The molecule has 0 spiro atoms. The van der Waals surface area contributed by atoms with Crippen molar-refractivity contribution >= 4 is 17.5 Å². The summed E-state index contributed by atoms with van der Waals surface area (Å²) in [6.07, 6.45) is 5.51.